The van der Waals surface area contributed by atoms with E-state index in [1.54, 1.807) is 12.4 Å². The fourth-order valence-corrected chi connectivity index (χ4v) is 2.16. The van der Waals surface area contributed by atoms with Gasteiger partial charge in [0.05, 0.1) is 15.7 Å². The van der Waals surface area contributed by atoms with Gasteiger partial charge in [-0.15, -0.1) is 0 Å². The van der Waals surface area contributed by atoms with Crippen LogP contribution in [0, 0.1) is 0 Å². The van der Waals surface area contributed by atoms with Crippen molar-refractivity contribution in [2.45, 2.75) is 26.2 Å². The number of benzene rings is 1. The van der Waals surface area contributed by atoms with Crippen molar-refractivity contribution in [3.63, 3.8) is 0 Å². The van der Waals surface area contributed by atoms with E-state index in [-0.39, 0.29) is 5.41 Å². The smallest absolute Gasteiger partial charge is 0.204 e. The lowest BCUT2D eigenvalue weighted by molar-refractivity contribution is 0.590. The second kappa shape index (κ2) is 4.82. The lowest BCUT2D eigenvalue weighted by Gasteiger charge is -2.21. The molecule has 0 atom stereocenters. The molecule has 0 aliphatic heterocycles. The summed E-state index contributed by atoms with van der Waals surface area (Å²) in [5, 5.41) is 4.24. The molecule has 0 amide bonds. The number of aromatic nitrogens is 2. The third kappa shape index (κ3) is 2.79. The van der Waals surface area contributed by atoms with Gasteiger partial charge in [-0.1, -0.05) is 44.0 Å². The Labute approximate surface area is 117 Å². The first-order chi connectivity index (χ1) is 8.38. The number of H-pyrrole nitrogens is 1. The molecule has 0 radical (unpaired) electrons. The van der Waals surface area contributed by atoms with E-state index in [4.69, 9.17) is 23.2 Å². The Balaban J connectivity index is 2.38. The van der Waals surface area contributed by atoms with Gasteiger partial charge in [0.15, 0.2) is 0 Å². The first-order valence-electron chi connectivity index (χ1n) is 5.64. The van der Waals surface area contributed by atoms with Crippen LogP contribution in [0.5, 0.6) is 0 Å². The Morgan fingerprint density at radius 3 is 2.22 bits per heavy atom. The minimum atomic E-state index is 0.0104. The Morgan fingerprint density at radius 2 is 1.78 bits per heavy atom. The molecule has 2 N–H and O–H groups in total. The molecular weight excluding hydrogens is 269 g/mol. The SMILES string of the molecule is CC(C)(C)c1cc(Cl)c(Nc2ncc[nH]2)c(Cl)c1. The van der Waals surface area contributed by atoms with Crippen molar-refractivity contribution in [2.24, 2.45) is 0 Å². The molecule has 0 aliphatic rings. The fraction of sp³-hybridized carbons (Fsp3) is 0.308. The highest BCUT2D eigenvalue weighted by Crippen LogP contribution is 2.36. The first-order valence-corrected chi connectivity index (χ1v) is 6.39. The molecule has 1 heterocycles. The van der Waals surface area contributed by atoms with E-state index in [1.165, 1.54) is 0 Å². The summed E-state index contributed by atoms with van der Waals surface area (Å²) in [6.45, 7) is 6.36. The zero-order chi connectivity index (χ0) is 13.3. The lowest BCUT2D eigenvalue weighted by atomic mass is 9.87. The average molecular weight is 284 g/mol. The molecule has 5 heteroatoms. The normalized spacial score (nSPS) is 11.6. The summed E-state index contributed by atoms with van der Waals surface area (Å²) in [5.74, 6) is 0.613. The van der Waals surface area contributed by atoms with E-state index in [2.05, 4.69) is 36.1 Å². The standard InChI is InChI=1S/C13H15Cl2N3/c1-13(2,3)8-6-9(14)11(10(15)7-8)18-12-16-4-5-17-12/h4-7H,1-3H3,(H2,16,17,18). The van der Waals surface area contributed by atoms with E-state index in [9.17, 15) is 0 Å². The molecule has 2 rings (SSSR count). The number of nitrogens with one attached hydrogen (secondary N) is 2. The van der Waals surface area contributed by atoms with Gasteiger partial charge in [-0.3, -0.25) is 0 Å². The van der Waals surface area contributed by atoms with Crippen molar-refractivity contribution in [1.29, 1.82) is 0 Å². The Hall–Kier alpha value is -1.19. The van der Waals surface area contributed by atoms with Crippen molar-refractivity contribution in [3.8, 4) is 0 Å². The molecule has 0 aliphatic carbocycles. The van der Waals surface area contributed by atoms with Crippen LogP contribution in [0.4, 0.5) is 11.6 Å². The van der Waals surface area contributed by atoms with Crippen molar-refractivity contribution in [1.82, 2.24) is 9.97 Å². The van der Waals surface area contributed by atoms with Crippen molar-refractivity contribution in [3.05, 3.63) is 40.1 Å². The number of anilines is 2. The maximum atomic E-state index is 6.27. The number of hydrogen-bond acceptors (Lipinski definition) is 2. The Morgan fingerprint density at radius 1 is 1.17 bits per heavy atom. The molecule has 2 aromatic rings. The van der Waals surface area contributed by atoms with Gasteiger partial charge in [-0.05, 0) is 23.1 Å². The number of hydrogen-bond donors (Lipinski definition) is 2. The predicted octanol–water partition coefficient (Wildman–Crippen LogP) is 4.76. The summed E-state index contributed by atoms with van der Waals surface area (Å²) < 4.78 is 0. The fourth-order valence-electron chi connectivity index (χ4n) is 1.58. The Kier molecular flexibility index (Phi) is 3.55. The molecule has 0 spiro atoms. The Bertz CT molecular complexity index is 519. The quantitative estimate of drug-likeness (QED) is 0.834. The molecule has 0 unspecified atom stereocenters. The van der Waals surface area contributed by atoms with Crippen LogP contribution >= 0.6 is 23.2 Å². The van der Waals surface area contributed by atoms with Crippen molar-refractivity contribution >= 4 is 34.8 Å². The number of halogens is 2. The second-order valence-electron chi connectivity index (χ2n) is 5.13. The van der Waals surface area contributed by atoms with E-state index in [0.29, 0.717) is 21.7 Å². The van der Waals surface area contributed by atoms with Crippen LogP contribution in [-0.4, -0.2) is 9.97 Å². The zero-order valence-electron chi connectivity index (χ0n) is 10.5. The van der Waals surface area contributed by atoms with Gasteiger partial charge in [-0.2, -0.15) is 0 Å². The molecule has 96 valence electrons. The van der Waals surface area contributed by atoms with Gasteiger partial charge in [0, 0.05) is 12.4 Å². The second-order valence-corrected chi connectivity index (χ2v) is 5.94. The number of aromatic amines is 1. The number of rotatable bonds is 2. The van der Waals surface area contributed by atoms with Gasteiger partial charge < -0.3 is 10.3 Å². The summed E-state index contributed by atoms with van der Waals surface area (Å²) in [6.07, 6.45) is 3.39. The molecule has 0 bridgehead atoms. The highest BCUT2D eigenvalue weighted by Gasteiger charge is 2.18. The topological polar surface area (TPSA) is 40.7 Å². The van der Waals surface area contributed by atoms with Crippen LogP contribution in [0.1, 0.15) is 26.3 Å². The molecular formula is C13H15Cl2N3. The van der Waals surface area contributed by atoms with E-state index in [1.807, 2.05) is 12.1 Å². The third-order valence-electron chi connectivity index (χ3n) is 2.65. The average Bonchev–Trinajstić information content (AvgIpc) is 2.74. The van der Waals surface area contributed by atoms with Crippen LogP contribution in [0.15, 0.2) is 24.5 Å². The summed E-state index contributed by atoms with van der Waals surface area (Å²) >= 11 is 12.5. The van der Waals surface area contributed by atoms with Gasteiger partial charge in [0.1, 0.15) is 0 Å². The summed E-state index contributed by atoms with van der Waals surface area (Å²) in [7, 11) is 0. The highest BCUT2D eigenvalue weighted by molar-refractivity contribution is 6.39. The monoisotopic (exact) mass is 283 g/mol. The third-order valence-corrected chi connectivity index (χ3v) is 3.25. The van der Waals surface area contributed by atoms with E-state index < -0.39 is 0 Å². The largest absolute Gasteiger partial charge is 0.331 e. The van der Waals surface area contributed by atoms with Gasteiger partial charge in [0.25, 0.3) is 0 Å². The van der Waals surface area contributed by atoms with Crippen LogP contribution < -0.4 is 5.32 Å². The van der Waals surface area contributed by atoms with Gasteiger partial charge >= 0.3 is 0 Å². The number of imidazole rings is 1. The molecule has 3 nitrogen and oxygen atoms in total. The maximum Gasteiger partial charge on any atom is 0.204 e. The number of nitrogens with zero attached hydrogens (tertiary/aromatic N) is 1. The van der Waals surface area contributed by atoms with Crippen LogP contribution in [0.3, 0.4) is 0 Å². The van der Waals surface area contributed by atoms with Crippen LogP contribution in [0.2, 0.25) is 10.0 Å². The molecule has 18 heavy (non-hydrogen) atoms. The molecule has 0 saturated carbocycles. The minimum Gasteiger partial charge on any atom is -0.331 e. The highest BCUT2D eigenvalue weighted by atomic mass is 35.5. The minimum absolute atomic E-state index is 0.0104. The first kappa shape index (κ1) is 13.2. The maximum absolute atomic E-state index is 6.27. The lowest BCUT2D eigenvalue weighted by Crippen LogP contribution is -2.11. The van der Waals surface area contributed by atoms with E-state index >= 15 is 0 Å². The van der Waals surface area contributed by atoms with Crippen molar-refractivity contribution < 1.29 is 0 Å². The molecule has 0 saturated heterocycles. The summed E-state index contributed by atoms with van der Waals surface area (Å²) in [5.41, 5.74) is 1.78. The zero-order valence-corrected chi connectivity index (χ0v) is 12.0. The predicted molar refractivity (Wildman–Crippen MR) is 77.0 cm³/mol. The van der Waals surface area contributed by atoms with E-state index in [0.717, 1.165) is 5.56 Å². The van der Waals surface area contributed by atoms with Gasteiger partial charge in [-0.25, -0.2) is 4.98 Å². The van der Waals surface area contributed by atoms with Crippen LogP contribution in [-0.2, 0) is 5.41 Å². The summed E-state index contributed by atoms with van der Waals surface area (Å²) in [6, 6.07) is 3.86. The van der Waals surface area contributed by atoms with Crippen molar-refractivity contribution in [2.75, 3.05) is 5.32 Å². The molecule has 1 aromatic carbocycles. The molecule has 1 aromatic heterocycles. The molecule has 0 fully saturated rings. The van der Waals surface area contributed by atoms with Gasteiger partial charge in [0.2, 0.25) is 5.95 Å². The van der Waals surface area contributed by atoms with Crippen LogP contribution in [0.25, 0.3) is 0 Å². The summed E-state index contributed by atoms with van der Waals surface area (Å²) in [4.78, 5) is 7.03.